The van der Waals surface area contributed by atoms with Gasteiger partial charge in [0.15, 0.2) is 5.69 Å². The summed E-state index contributed by atoms with van der Waals surface area (Å²) in [7, 11) is -0.976. The lowest BCUT2D eigenvalue weighted by atomic mass is 10.2. The number of nitrogens with zero attached hydrogens (tertiary/aromatic N) is 3. The number of nitrogens with one attached hydrogen (secondary N) is 2. The number of carbonyl (C=O) groups excluding carboxylic acids is 1. The summed E-state index contributed by atoms with van der Waals surface area (Å²) in [6.45, 7) is 6.72. The molecule has 1 fully saturated rings. The van der Waals surface area contributed by atoms with Gasteiger partial charge in [-0.1, -0.05) is 18.5 Å². The van der Waals surface area contributed by atoms with Gasteiger partial charge in [-0.05, 0) is 31.2 Å². The summed E-state index contributed by atoms with van der Waals surface area (Å²) >= 11 is 6.25. The summed E-state index contributed by atoms with van der Waals surface area (Å²) < 4.78 is 19.3. The van der Waals surface area contributed by atoms with Gasteiger partial charge in [-0.15, -0.1) is 0 Å². The number of oxazole rings is 1. The number of piperazine rings is 1. The summed E-state index contributed by atoms with van der Waals surface area (Å²) in [4.78, 5) is 18.3. The van der Waals surface area contributed by atoms with E-state index in [1.165, 1.54) is 6.26 Å². The van der Waals surface area contributed by atoms with E-state index in [-0.39, 0.29) is 11.7 Å². The molecule has 1 unspecified atom stereocenters. The molecule has 11 heteroatoms. The Morgan fingerprint density at radius 2 is 2.07 bits per heavy atom. The van der Waals surface area contributed by atoms with E-state index in [0.29, 0.717) is 29.6 Å². The highest BCUT2D eigenvalue weighted by Gasteiger charge is 2.22. The van der Waals surface area contributed by atoms with Crippen LogP contribution in [-0.2, 0) is 11.0 Å². The molecule has 2 heterocycles. The third kappa shape index (κ3) is 5.94. The number of nitrogen functional groups attached to an aromatic ring is 1. The zero-order chi connectivity index (χ0) is 21.5. The van der Waals surface area contributed by atoms with Gasteiger partial charge < -0.3 is 25.7 Å². The Labute approximate surface area is 183 Å². The molecule has 1 atom stereocenters. The van der Waals surface area contributed by atoms with Crippen LogP contribution in [-0.4, -0.2) is 64.4 Å². The second-order valence-electron chi connectivity index (χ2n) is 6.88. The van der Waals surface area contributed by atoms with Gasteiger partial charge in [-0.2, -0.15) is 4.98 Å². The van der Waals surface area contributed by atoms with Crippen molar-refractivity contribution in [3.63, 3.8) is 0 Å². The summed E-state index contributed by atoms with van der Waals surface area (Å²) in [6, 6.07) is 5.41. The monoisotopic (exact) mass is 454 g/mol. The number of rotatable bonds is 9. The maximum atomic E-state index is 12.5. The lowest BCUT2D eigenvalue weighted by molar-refractivity contribution is 0.102. The van der Waals surface area contributed by atoms with Crippen LogP contribution < -0.4 is 21.3 Å². The molecule has 0 aliphatic carbocycles. The molecule has 1 amide bonds. The smallest absolute Gasteiger partial charge is 0.292 e. The fourth-order valence-corrected chi connectivity index (χ4v) is 4.44. The molecule has 1 saturated heterocycles. The highest BCUT2D eigenvalue weighted by atomic mass is 35.5. The second kappa shape index (κ2) is 10.8. The standard InChI is InChI=1S/C19H27ClN6O3S/c1-2-5-22-6-11-30(28)26-9-7-25(8-10-26)14-3-4-15(20)16(12-14)23-18(27)17-13-29-19(21)24-17/h3-4,12-13,22H,2,5-11H2,1H3,(H2,21,24)(H,23,27). The van der Waals surface area contributed by atoms with Crippen LogP contribution >= 0.6 is 11.6 Å². The Morgan fingerprint density at radius 1 is 1.30 bits per heavy atom. The molecule has 0 radical (unpaired) electrons. The van der Waals surface area contributed by atoms with Gasteiger partial charge >= 0.3 is 0 Å². The number of amides is 1. The van der Waals surface area contributed by atoms with Crippen LogP contribution in [0.25, 0.3) is 0 Å². The Balaban J connectivity index is 1.56. The third-order valence-electron chi connectivity index (χ3n) is 4.72. The predicted octanol–water partition coefficient (Wildman–Crippen LogP) is 1.95. The molecule has 2 aromatic rings. The van der Waals surface area contributed by atoms with Crippen molar-refractivity contribution in [1.29, 1.82) is 0 Å². The molecular weight excluding hydrogens is 428 g/mol. The van der Waals surface area contributed by atoms with E-state index in [1.54, 1.807) is 6.07 Å². The van der Waals surface area contributed by atoms with Crippen LogP contribution in [0.15, 0.2) is 28.9 Å². The number of nitrogens with two attached hydrogens (primary N) is 1. The van der Waals surface area contributed by atoms with Crippen LogP contribution in [0, 0.1) is 0 Å². The molecule has 0 spiro atoms. The largest absolute Gasteiger partial charge is 0.431 e. The van der Waals surface area contributed by atoms with E-state index in [9.17, 15) is 9.00 Å². The van der Waals surface area contributed by atoms with Crippen molar-refractivity contribution in [1.82, 2.24) is 14.6 Å². The van der Waals surface area contributed by atoms with Crippen LogP contribution in [0.5, 0.6) is 0 Å². The van der Waals surface area contributed by atoms with E-state index in [4.69, 9.17) is 21.8 Å². The average molecular weight is 455 g/mol. The topological polar surface area (TPSA) is 117 Å². The first-order valence-corrected chi connectivity index (χ1v) is 11.5. The van der Waals surface area contributed by atoms with E-state index >= 15 is 0 Å². The summed E-state index contributed by atoms with van der Waals surface area (Å²) in [5.74, 6) is 0.176. The molecule has 3 rings (SSSR count). The number of anilines is 3. The van der Waals surface area contributed by atoms with E-state index in [0.717, 1.165) is 38.3 Å². The molecule has 1 aliphatic heterocycles. The van der Waals surface area contributed by atoms with Gasteiger partial charge in [0.05, 0.1) is 27.4 Å². The summed E-state index contributed by atoms with van der Waals surface area (Å²) in [6.07, 6.45) is 2.26. The van der Waals surface area contributed by atoms with Crippen LogP contribution in [0.3, 0.4) is 0 Å². The van der Waals surface area contributed by atoms with Crippen molar-refractivity contribution in [3.8, 4) is 0 Å². The molecule has 4 N–H and O–H groups in total. The molecule has 164 valence electrons. The van der Waals surface area contributed by atoms with Crippen LogP contribution in [0.1, 0.15) is 23.8 Å². The van der Waals surface area contributed by atoms with E-state index in [2.05, 4.69) is 27.4 Å². The van der Waals surface area contributed by atoms with Gasteiger partial charge in [0.1, 0.15) is 6.26 Å². The molecule has 0 saturated carbocycles. The van der Waals surface area contributed by atoms with Gasteiger partial charge in [0, 0.05) is 38.4 Å². The van der Waals surface area contributed by atoms with Crippen molar-refractivity contribution >= 4 is 45.9 Å². The lowest BCUT2D eigenvalue weighted by Crippen LogP contribution is -2.48. The van der Waals surface area contributed by atoms with Gasteiger partial charge in [-0.25, -0.2) is 8.51 Å². The predicted molar refractivity (Wildman–Crippen MR) is 120 cm³/mol. The summed E-state index contributed by atoms with van der Waals surface area (Å²) in [5, 5.41) is 6.44. The van der Waals surface area contributed by atoms with Gasteiger partial charge in [-0.3, -0.25) is 4.79 Å². The van der Waals surface area contributed by atoms with Crippen molar-refractivity contribution in [2.45, 2.75) is 13.3 Å². The minimum absolute atomic E-state index is 0.0728. The van der Waals surface area contributed by atoms with Gasteiger partial charge in [0.25, 0.3) is 11.9 Å². The number of hydrogen-bond acceptors (Lipinski definition) is 7. The minimum atomic E-state index is -0.976. The normalized spacial score (nSPS) is 15.9. The first-order chi connectivity index (χ1) is 14.5. The Bertz CT molecular complexity index is 885. The summed E-state index contributed by atoms with van der Waals surface area (Å²) in [5.41, 5.74) is 6.91. The highest BCUT2D eigenvalue weighted by molar-refractivity contribution is 7.82. The molecule has 0 bridgehead atoms. The number of hydrogen-bond donors (Lipinski definition) is 3. The number of benzene rings is 1. The Hall–Kier alpha value is -2.14. The fourth-order valence-electron chi connectivity index (χ4n) is 3.12. The number of halogens is 1. The fraction of sp³-hybridized carbons (Fsp3) is 0.474. The van der Waals surface area contributed by atoms with E-state index < -0.39 is 16.9 Å². The van der Waals surface area contributed by atoms with Gasteiger partial charge in [0.2, 0.25) is 0 Å². The number of aromatic nitrogens is 1. The average Bonchev–Trinajstić information content (AvgIpc) is 3.19. The highest BCUT2D eigenvalue weighted by Crippen LogP contribution is 2.29. The molecule has 1 aromatic carbocycles. The molecule has 1 aliphatic rings. The maximum Gasteiger partial charge on any atom is 0.292 e. The van der Waals surface area contributed by atoms with E-state index in [1.807, 2.05) is 16.4 Å². The zero-order valence-corrected chi connectivity index (χ0v) is 18.5. The van der Waals surface area contributed by atoms with Crippen molar-refractivity contribution < 1.29 is 13.4 Å². The lowest BCUT2D eigenvalue weighted by Gasteiger charge is -2.35. The van der Waals surface area contributed by atoms with Crippen LogP contribution in [0.2, 0.25) is 5.02 Å². The Kier molecular flexibility index (Phi) is 8.08. The molecule has 9 nitrogen and oxygen atoms in total. The minimum Gasteiger partial charge on any atom is -0.431 e. The third-order valence-corrected chi connectivity index (χ3v) is 6.55. The SMILES string of the molecule is CCCNCCS(=O)N1CCN(c2ccc(Cl)c(NC(=O)c3coc(N)n3)c2)CC1. The number of carbonyl (C=O) groups is 1. The molecule has 1 aromatic heterocycles. The first kappa shape index (κ1) is 22.5. The van der Waals surface area contributed by atoms with Crippen LogP contribution in [0.4, 0.5) is 17.4 Å². The quantitative estimate of drug-likeness (QED) is 0.496. The second-order valence-corrected chi connectivity index (χ2v) is 8.86. The first-order valence-electron chi connectivity index (χ1n) is 9.89. The van der Waals surface area contributed by atoms with Crippen molar-refractivity contribution in [3.05, 3.63) is 35.2 Å². The molecular formula is C19H27ClN6O3S. The zero-order valence-electron chi connectivity index (χ0n) is 16.9. The maximum absolute atomic E-state index is 12.5. The molecule has 30 heavy (non-hydrogen) atoms. The van der Waals surface area contributed by atoms with Crippen molar-refractivity contribution in [2.75, 3.05) is 61.0 Å². The Morgan fingerprint density at radius 3 is 2.73 bits per heavy atom. The van der Waals surface area contributed by atoms with Crippen molar-refractivity contribution in [2.24, 2.45) is 0 Å².